The van der Waals surface area contributed by atoms with E-state index < -0.39 is 0 Å². The number of rotatable bonds is 5. The SMILES string of the molecule is COCCN[C@@H](C)c1cccc(Br)c1. The van der Waals surface area contributed by atoms with Crippen molar-refractivity contribution in [1.29, 1.82) is 0 Å². The summed E-state index contributed by atoms with van der Waals surface area (Å²) in [5, 5.41) is 3.38. The third-order valence-electron chi connectivity index (χ3n) is 2.11. The van der Waals surface area contributed by atoms with Crippen LogP contribution in [-0.2, 0) is 4.74 Å². The van der Waals surface area contributed by atoms with Gasteiger partial charge in [-0.3, -0.25) is 0 Å². The molecule has 0 aliphatic rings. The minimum atomic E-state index is 0.364. The van der Waals surface area contributed by atoms with Crippen LogP contribution in [0.3, 0.4) is 0 Å². The maximum Gasteiger partial charge on any atom is 0.0587 e. The molecular formula is C11H16BrNO. The van der Waals surface area contributed by atoms with E-state index in [1.54, 1.807) is 7.11 Å². The van der Waals surface area contributed by atoms with Crippen LogP contribution in [0.4, 0.5) is 0 Å². The molecule has 0 unspecified atom stereocenters. The molecule has 78 valence electrons. The Bertz CT molecular complexity index is 278. The number of methoxy groups -OCH3 is 1. The summed E-state index contributed by atoms with van der Waals surface area (Å²) in [5.74, 6) is 0. The third-order valence-corrected chi connectivity index (χ3v) is 2.60. The molecule has 2 nitrogen and oxygen atoms in total. The van der Waals surface area contributed by atoms with Crippen LogP contribution >= 0.6 is 15.9 Å². The molecule has 0 fully saturated rings. The standard InChI is InChI=1S/C11H16BrNO/c1-9(13-6-7-14-2)10-4-3-5-11(12)8-10/h3-5,8-9,13H,6-7H2,1-2H3/t9-/m0/s1. The largest absolute Gasteiger partial charge is 0.383 e. The Kier molecular flexibility index (Phi) is 5.15. The van der Waals surface area contributed by atoms with Crippen LogP contribution in [0.25, 0.3) is 0 Å². The van der Waals surface area contributed by atoms with Crippen LogP contribution in [0.1, 0.15) is 18.5 Å². The smallest absolute Gasteiger partial charge is 0.0587 e. The van der Waals surface area contributed by atoms with Gasteiger partial charge < -0.3 is 10.1 Å². The summed E-state index contributed by atoms with van der Waals surface area (Å²) < 4.78 is 6.10. The Hall–Kier alpha value is -0.380. The molecule has 3 heteroatoms. The lowest BCUT2D eigenvalue weighted by Gasteiger charge is -2.13. The maximum absolute atomic E-state index is 4.98. The van der Waals surface area contributed by atoms with Gasteiger partial charge in [0.15, 0.2) is 0 Å². The number of hydrogen-bond acceptors (Lipinski definition) is 2. The van der Waals surface area contributed by atoms with Gasteiger partial charge in [0.05, 0.1) is 6.61 Å². The zero-order valence-electron chi connectivity index (χ0n) is 8.59. The van der Waals surface area contributed by atoms with Gasteiger partial charge in [-0.15, -0.1) is 0 Å². The first-order valence-electron chi connectivity index (χ1n) is 4.72. The molecule has 1 aromatic rings. The summed E-state index contributed by atoms with van der Waals surface area (Å²) in [6.07, 6.45) is 0. The van der Waals surface area contributed by atoms with Crippen LogP contribution < -0.4 is 5.32 Å². The Balaban J connectivity index is 2.47. The van der Waals surface area contributed by atoms with Gasteiger partial charge in [0, 0.05) is 24.2 Å². The van der Waals surface area contributed by atoms with E-state index in [1.807, 2.05) is 12.1 Å². The fourth-order valence-electron chi connectivity index (χ4n) is 1.27. The highest BCUT2D eigenvalue weighted by Gasteiger charge is 2.03. The lowest BCUT2D eigenvalue weighted by molar-refractivity contribution is 0.196. The molecule has 1 atom stereocenters. The minimum Gasteiger partial charge on any atom is -0.383 e. The molecule has 0 heterocycles. The lowest BCUT2D eigenvalue weighted by atomic mass is 10.1. The summed E-state index contributed by atoms with van der Waals surface area (Å²) in [7, 11) is 1.71. The molecular weight excluding hydrogens is 242 g/mol. The molecule has 0 saturated heterocycles. The first-order chi connectivity index (χ1) is 6.74. The maximum atomic E-state index is 4.98. The first kappa shape index (κ1) is 11.7. The predicted octanol–water partition coefficient (Wildman–Crippen LogP) is 2.75. The highest BCUT2D eigenvalue weighted by Crippen LogP contribution is 2.17. The Morgan fingerprint density at radius 1 is 1.50 bits per heavy atom. The molecule has 1 rings (SSSR count). The van der Waals surface area contributed by atoms with Crippen LogP contribution in [0, 0.1) is 0 Å². The van der Waals surface area contributed by atoms with Gasteiger partial charge in [0.2, 0.25) is 0 Å². The molecule has 0 aliphatic heterocycles. The first-order valence-corrected chi connectivity index (χ1v) is 5.51. The Labute approximate surface area is 93.8 Å². The number of nitrogens with one attached hydrogen (secondary N) is 1. The molecule has 0 radical (unpaired) electrons. The second kappa shape index (κ2) is 6.17. The molecule has 0 aromatic heterocycles. The quantitative estimate of drug-likeness (QED) is 0.820. The monoisotopic (exact) mass is 257 g/mol. The zero-order chi connectivity index (χ0) is 10.4. The van der Waals surface area contributed by atoms with Gasteiger partial charge in [-0.05, 0) is 24.6 Å². The molecule has 0 saturated carbocycles. The van der Waals surface area contributed by atoms with Crippen LogP contribution in [-0.4, -0.2) is 20.3 Å². The van der Waals surface area contributed by atoms with Crippen LogP contribution in [0.15, 0.2) is 28.7 Å². The predicted molar refractivity (Wildman–Crippen MR) is 62.4 cm³/mol. The molecule has 1 aromatic carbocycles. The van der Waals surface area contributed by atoms with E-state index in [0.29, 0.717) is 6.04 Å². The Morgan fingerprint density at radius 2 is 2.29 bits per heavy atom. The van der Waals surface area contributed by atoms with Crippen molar-refractivity contribution < 1.29 is 4.74 Å². The van der Waals surface area contributed by atoms with Gasteiger partial charge in [-0.2, -0.15) is 0 Å². The van der Waals surface area contributed by atoms with Crippen LogP contribution in [0.2, 0.25) is 0 Å². The van der Waals surface area contributed by atoms with E-state index in [4.69, 9.17) is 4.74 Å². The van der Waals surface area contributed by atoms with E-state index in [1.165, 1.54) is 5.56 Å². The van der Waals surface area contributed by atoms with Crippen molar-refractivity contribution in [2.45, 2.75) is 13.0 Å². The summed E-state index contributed by atoms with van der Waals surface area (Å²) >= 11 is 3.46. The topological polar surface area (TPSA) is 21.3 Å². The van der Waals surface area contributed by atoms with E-state index >= 15 is 0 Å². The fraction of sp³-hybridized carbons (Fsp3) is 0.455. The molecule has 0 amide bonds. The third kappa shape index (κ3) is 3.78. The van der Waals surface area contributed by atoms with Crippen molar-refractivity contribution in [3.8, 4) is 0 Å². The average Bonchev–Trinajstić information content (AvgIpc) is 2.18. The summed E-state index contributed by atoms with van der Waals surface area (Å²) in [5.41, 5.74) is 1.29. The van der Waals surface area contributed by atoms with Gasteiger partial charge in [-0.25, -0.2) is 0 Å². The zero-order valence-corrected chi connectivity index (χ0v) is 10.2. The van der Waals surface area contributed by atoms with Crippen molar-refractivity contribution in [3.05, 3.63) is 34.3 Å². The number of hydrogen-bond donors (Lipinski definition) is 1. The van der Waals surface area contributed by atoms with Gasteiger partial charge in [-0.1, -0.05) is 28.1 Å². The van der Waals surface area contributed by atoms with E-state index in [0.717, 1.165) is 17.6 Å². The van der Waals surface area contributed by atoms with Gasteiger partial charge in [0.1, 0.15) is 0 Å². The normalized spacial score (nSPS) is 12.8. The van der Waals surface area contributed by atoms with Crippen molar-refractivity contribution in [2.75, 3.05) is 20.3 Å². The van der Waals surface area contributed by atoms with E-state index in [-0.39, 0.29) is 0 Å². The summed E-state index contributed by atoms with van der Waals surface area (Å²) in [4.78, 5) is 0. The van der Waals surface area contributed by atoms with Crippen molar-refractivity contribution in [1.82, 2.24) is 5.32 Å². The molecule has 0 bridgehead atoms. The van der Waals surface area contributed by atoms with E-state index in [2.05, 4.69) is 40.3 Å². The number of benzene rings is 1. The fourth-order valence-corrected chi connectivity index (χ4v) is 1.69. The van der Waals surface area contributed by atoms with Crippen molar-refractivity contribution in [3.63, 3.8) is 0 Å². The van der Waals surface area contributed by atoms with Crippen LogP contribution in [0.5, 0.6) is 0 Å². The minimum absolute atomic E-state index is 0.364. The molecule has 0 spiro atoms. The summed E-state index contributed by atoms with van der Waals surface area (Å²) in [6, 6.07) is 8.70. The number of halogens is 1. The van der Waals surface area contributed by atoms with Gasteiger partial charge >= 0.3 is 0 Å². The molecule has 14 heavy (non-hydrogen) atoms. The van der Waals surface area contributed by atoms with E-state index in [9.17, 15) is 0 Å². The van der Waals surface area contributed by atoms with Crippen molar-refractivity contribution in [2.24, 2.45) is 0 Å². The lowest BCUT2D eigenvalue weighted by Crippen LogP contribution is -2.22. The summed E-state index contributed by atoms with van der Waals surface area (Å²) in [6.45, 7) is 3.78. The highest BCUT2D eigenvalue weighted by molar-refractivity contribution is 9.10. The van der Waals surface area contributed by atoms with Gasteiger partial charge in [0.25, 0.3) is 0 Å². The Morgan fingerprint density at radius 3 is 2.93 bits per heavy atom. The van der Waals surface area contributed by atoms with Crippen molar-refractivity contribution >= 4 is 15.9 Å². The average molecular weight is 258 g/mol. The second-order valence-corrected chi connectivity index (χ2v) is 4.14. The molecule has 0 aliphatic carbocycles. The number of ether oxygens (including phenoxy) is 1. The molecule has 1 N–H and O–H groups in total. The second-order valence-electron chi connectivity index (χ2n) is 3.22. The highest BCUT2D eigenvalue weighted by atomic mass is 79.9.